The molecule has 0 unspecified atom stereocenters. The number of hydrogen-bond donors (Lipinski definition) is 2. The molecule has 0 fully saturated rings. The van der Waals surface area contributed by atoms with Gasteiger partial charge in [-0.2, -0.15) is 4.80 Å². The van der Waals surface area contributed by atoms with Crippen LogP contribution in [0, 0.1) is 5.82 Å². The van der Waals surface area contributed by atoms with E-state index in [9.17, 15) is 14.3 Å². The van der Waals surface area contributed by atoms with Crippen LogP contribution in [-0.2, 0) is 6.61 Å². The second-order valence-electron chi connectivity index (χ2n) is 3.92. The van der Waals surface area contributed by atoms with Gasteiger partial charge < -0.3 is 10.4 Å². The summed E-state index contributed by atoms with van der Waals surface area (Å²) in [5, 5.41) is 19.8. The Bertz CT molecular complexity index is 622. The van der Waals surface area contributed by atoms with E-state index in [-0.39, 0.29) is 23.7 Å². The van der Waals surface area contributed by atoms with Gasteiger partial charge in [-0.05, 0) is 24.3 Å². The van der Waals surface area contributed by atoms with Gasteiger partial charge in [0.05, 0.1) is 12.3 Å². The lowest BCUT2D eigenvalue weighted by Crippen LogP contribution is -2.24. The summed E-state index contributed by atoms with van der Waals surface area (Å²) < 4.78 is 12.9. The number of aliphatic hydroxyl groups is 1. The van der Waals surface area contributed by atoms with Gasteiger partial charge in [-0.1, -0.05) is 6.08 Å². The number of rotatable bonds is 5. The lowest BCUT2D eigenvalue weighted by atomic mass is 10.3. The van der Waals surface area contributed by atoms with Gasteiger partial charge in [0.15, 0.2) is 5.69 Å². The molecule has 0 aliphatic rings. The molecule has 104 valence electrons. The molecule has 0 bridgehead atoms. The first-order chi connectivity index (χ1) is 9.65. The predicted molar refractivity (Wildman–Crippen MR) is 69.8 cm³/mol. The van der Waals surface area contributed by atoms with E-state index in [2.05, 4.69) is 22.1 Å². The second-order valence-corrected chi connectivity index (χ2v) is 3.92. The van der Waals surface area contributed by atoms with Crippen LogP contribution in [0.5, 0.6) is 0 Å². The molecular formula is C13H13FN4O2. The number of aromatic nitrogens is 3. The van der Waals surface area contributed by atoms with Gasteiger partial charge in [0.2, 0.25) is 0 Å². The maximum atomic E-state index is 12.9. The maximum absolute atomic E-state index is 12.9. The number of aliphatic hydroxyl groups excluding tert-OH is 1. The molecule has 1 heterocycles. The first-order valence-corrected chi connectivity index (χ1v) is 5.88. The summed E-state index contributed by atoms with van der Waals surface area (Å²) in [4.78, 5) is 13.0. The van der Waals surface area contributed by atoms with Crippen molar-refractivity contribution >= 4 is 5.91 Å². The monoisotopic (exact) mass is 276 g/mol. The Labute approximate surface area is 114 Å². The summed E-state index contributed by atoms with van der Waals surface area (Å²) >= 11 is 0. The number of carbonyl (C=O) groups is 1. The fourth-order valence-electron chi connectivity index (χ4n) is 1.56. The van der Waals surface area contributed by atoms with Crippen LogP contribution in [0.2, 0.25) is 0 Å². The average molecular weight is 276 g/mol. The van der Waals surface area contributed by atoms with Gasteiger partial charge in [-0.3, -0.25) is 4.79 Å². The summed E-state index contributed by atoms with van der Waals surface area (Å²) in [6.07, 6.45) is 1.53. The number of hydrogen-bond acceptors (Lipinski definition) is 4. The molecule has 0 aliphatic heterocycles. The molecular weight excluding hydrogens is 263 g/mol. The molecule has 0 saturated heterocycles. The van der Waals surface area contributed by atoms with Crippen molar-refractivity contribution in [2.24, 2.45) is 0 Å². The minimum atomic E-state index is -0.456. The van der Waals surface area contributed by atoms with Crippen molar-refractivity contribution in [3.63, 3.8) is 0 Å². The Morgan fingerprint density at radius 1 is 1.40 bits per heavy atom. The highest BCUT2D eigenvalue weighted by atomic mass is 19.1. The largest absolute Gasteiger partial charge is 0.390 e. The molecule has 0 saturated carbocycles. The first-order valence-electron chi connectivity index (χ1n) is 5.88. The van der Waals surface area contributed by atoms with Crippen molar-refractivity contribution < 1.29 is 14.3 Å². The van der Waals surface area contributed by atoms with Gasteiger partial charge in [0.1, 0.15) is 11.5 Å². The van der Waals surface area contributed by atoms with Crippen LogP contribution in [0.1, 0.15) is 16.2 Å². The predicted octanol–water partition coefficient (Wildman–Crippen LogP) is 0.815. The number of benzene rings is 1. The molecule has 2 aromatic rings. The lowest BCUT2D eigenvalue weighted by Gasteiger charge is -1.99. The number of nitrogens with zero attached hydrogens (tertiary/aromatic N) is 3. The minimum absolute atomic E-state index is 0.0266. The highest BCUT2D eigenvalue weighted by Gasteiger charge is 2.18. The molecule has 1 aromatic heterocycles. The third-order valence-corrected chi connectivity index (χ3v) is 2.51. The molecule has 0 radical (unpaired) electrons. The van der Waals surface area contributed by atoms with Crippen LogP contribution < -0.4 is 5.32 Å². The van der Waals surface area contributed by atoms with E-state index in [0.717, 1.165) is 0 Å². The third kappa shape index (κ3) is 2.89. The van der Waals surface area contributed by atoms with E-state index >= 15 is 0 Å². The molecule has 0 aliphatic carbocycles. The van der Waals surface area contributed by atoms with Crippen LogP contribution in [0.4, 0.5) is 4.39 Å². The topological polar surface area (TPSA) is 80.0 Å². The van der Waals surface area contributed by atoms with Crippen molar-refractivity contribution in [2.75, 3.05) is 6.54 Å². The van der Waals surface area contributed by atoms with E-state index in [1.165, 1.54) is 35.1 Å². The Morgan fingerprint density at radius 2 is 2.10 bits per heavy atom. The maximum Gasteiger partial charge on any atom is 0.274 e. The van der Waals surface area contributed by atoms with Crippen molar-refractivity contribution in [3.05, 3.63) is 54.1 Å². The van der Waals surface area contributed by atoms with Gasteiger partial charge in [0, 0.05) is 6.54 Å². The lowest BCUT2D eigenvalue weighted by molar-refractivity contribution is 0.0949. The molecule has 0 atom stereocenters. The Hall–Kier alpha value is -2.54. The van der Waals surface area contributed by atoms with Crippen molar-refractivity contribution in [3.8, 4) is 5.69 Å². The van der Waals surface area contributed by atoms with Crippen LogP contribution in [0.15, 0.2) is 36.9 Å². The van der Waals surface area contributed by atoms with Crippen molar-refractivity contribution in [2.45, 2.75) is 6.61 Å². The van der Waals surface area contributed by atoms with E-state index in [4.69, 9.17) is 0 Å². The third-order valence-electron chi connectivity index (χ3n) is 2.51. The Balaban J connectivity index is 2.32. The highest BCUT2D eigenvalue weighted by Crippen LogP contribution is 2.10. The van der Waals surface area contributed by atoms with Gasteiger partial charge in [-0.15, -0.1) is 16.8 Å². The molecule has 20 heavy (non-hydrogen) atoms. The van der Waals surface area contributed by atoms with Crippen molar-refractivity contribution in [1.82, 2.24) is 20.3 Å². The molecule has 6 nitrogen and oxygen atoms in total. The zero-order valence-corrected chi connectivity index (χ0v) is 10.6. The summed E-state index contributed by atoms with van der Waals surface area (Å²) in [7, 11) is 0. The van der Waals surface area contributed by atoms with Crippen LogP contribution in [-0.4, -0.2) is 32.6 Å². The zero-order valence-electron chi connectivity index (χ0n) is 10.6. The normalized spacial score (nSPS) is 10.3. The number of amides is 1. The highest BCUT2D eigenvalue weighted by molar-refractivity contribution is 5.93. The molecule has 1 amide bonds. The van der Waals surface area contributed by atoms with E-state index in [1.807, 2.05) is 0 Å². The van der Waals surface area contributed by atoms with E-state index in [1.54, 1.807) is 0 Å². The molecule has 1 aromatic carbocycles. The smallest absolute Gasteiger partial charge is 0.274 e. The minimum Gasteiger partial charge on any atom is -0.390 e. The van der Waals surface area contributed by atoms with Crippen LogP contribution in [0.25, 0.3) is 5.69 Å². The fourth-order valence-corrected chi connectivity index (χ4v) is 1.56. The Kier molecular flexibility index (Phi) is 4.21. The average Bonchev–Trinajstić information content (AvgIpc) is 2.89. The van der Waals surface area contributed by atoms with Gasteiger partial charge >= 0.3 is 0 Å². The van der Waals surface area contributed by atoms with E-state index in [0.29, 0.717) is 5.69 Å². The number of carbonyl (C=O) groups excluding carboxylic acids is 1. The van der Waals surface area contributed by atoms with Crippen molar-refractivity contribution in [1.29, 1.82) is 0 Å². The van der Waals surface area contributed by atoms with Crippen LogP contribution in [0.3, 0.4) is 0 Å². The fraction of sp³-hybridized carbons (Fsp3) is 0.154. The van der Waals surface area contributed by atoms with Gasteiger partial charge in [-0.25, -0.2) is 4.39 Å². The standard InChI is InChI=1S/C13H13FN4O2/c1-2-7-15-13(20)12-11(8-19)16-18(17-12)10-5-3-9(14)4-6-10/h2-6,19H,1,7-8H2,(H,15,20). The zero-order chi connectivity index (χ0) is 14.5. The first kappa shape index (κ1) is 13.9. The quantitative estimate of drug-likeness (QED) is 0.792. The van der Waals surface area contributed by atoms with Gasteiger partial charge in [0.25, 0.3) is 5.91 Å². The number of halogens is 1. The van der Waals surface area contributed by atoms with E-state index < -0.39 is 12.5 Å². The summed E-state index contributed by atoms with van der Waals surface area (Å²) in [5.41, 5.74) is 0.665. The molecule has 7 heteroatoms. The SMILES string of the molecule is C=CCNC(=O)c1nn(-c2ccc(F)cc2)nc1CO. The van der Waals surface area contributed by atoms with Crippen LogP contribution >= 0.6 is 0 Å². The summed E-state index contributed by atoms with van der Waals surface area (Å²) in [6, 6.07) is 5.47. The number of nitrogens with one attached hydrogen (secondary N) is 1. The molecule has 2 rings (SSSR count). The molecule has 0 spiro atoms. The second kappa shape index (κ2) is 6.07. The summed E-state index contributed by atoms with van der Waals surface area (Å²) in [6.45, 7) is 3.36. The summed E-state index contributed by atoms with van der Waals surface area (Å²) in [5.74, 6) is -0.838. The Morgan fingerprint density at radius 3 is 2.70 bits per heavy atom. The molecule has 2 N–H and O–H groups in total.